The van der Waals surface area contributed by atoms with E-state index >= 15 is 0 Å². The van der Waals surface area contributed by atoms with E-state index < -0.39 is 48.1 Å². The number of nitrogens with one attached hydrogen (secondary N) is 4. The number of aliphatic hydroxyl groups is 2. The van der Waals surface area contributed by atoms with Crippen molar-refractivity contribution < 1.29 is 29.4 Å². The molecule has 208 valence electrons. The molecular formula is C27H44N4O6. The number of amides is 4. The van der Waals surface area contributed by atoms with Gasteiger partial charge in [-0.1, -0.05) is 56.9 Å². The minimum atomic E-state index is -1.30. The summed E-state index contributed by atoms with van der Waals surface area (Å²) >= 11 is 0. The summed E-state index contributed by atoms with van der Waals surface area (Å²) in [7, 11) is 0. The largest absolute Gasteiger partial charge is 0.393 e. The Hall–Kier alpha value is -2.98. The lowest BCUT2D eigenvalue weighted by molar-refractivity contribution is -0.134. The Morgan fingerprint density at radius 1 is 1.19 bits per heavy atom. The highest BCUT2D eigenvalue weighted by atomic mass is 16.3. The van der Waals surface area contributed by atoms with Crippen molar-refractivity contribution in [1.82, 2.24) is 21.3 Å². The number of hydrogen-bond acceptors (Lipinski definition) is 6. The molecule has 0 saturated heterocycles. The van der Waals surface area contributed by atoms with E-state index in [-0.39, 0.29) is 25.3 Å². The summed E-state index contributed by atoms with van der Waals surface area (Å²) in [5.74, 6) is -2.20. The van der Waals surface area contributed by atoms with Gasteiger partial charge in [-0.05, 0) is 33.1 Å². The summed E-state index contributed by atoms with van der Waals surface area (Å²) < 4.78 is 0. The molecule has 0 unspecified atom stereocenters. The van der Waals surface area contributed by atoms with Gasteiger partial charge in [-0.15, -0.1) is 0 Å². The molecule has 0 spiro atoms. The Morgan fingerprint density at radius 3 is 2.62 bits per heavy atom. The lowest BCUT2D eigenvalue weighted by atomic mass is 10.0. The highest BCUT2D eigenvalue weighted by molar-refractivity contribution is 5.95. The highest BCUT2D eigenvalue weighted by Gasteiger charge is 2.31. The Bertz CT molecular complexity index is 824. The van der Waals surface area contributed by atoms with Gasteiger partial charge in [0.15, 0.2) is 0 Å². The van der Waals surface area contributed by atoms with Crippen LogP contribution in [0.5, 0.6) is 0 Å². The van der Waals surface area contributed by atoms with Crippen LogP contribution in [0.3, 0.4) is 0 Å². The molecular weight excluding hydrogens is 476 g/mol. The SMILES string of the molecule is CCCCCCC/C=C/C=C/C(=O)N[C@H](C(=O)N[C@H]1C[C@@H](O)CCNC(=O)/C=C/[C@H](C)NC1=O)[C@@H](C)O. The normalized spacial score (nSPS) is 23.9. The number of carbonyl (C=O) groups is 4. The summed E-state index contributed by atoms with van der Waals surface area (Å²) in [4.78, 5) is 49.7. The van der Waals surface area contributed by atoms with Crippen LogP contribution < -0.4 is 21.3 Å². The zero-order valence-electron chi connectivity index (χ0n) is 22.2. The molecule has 0 aromatic heterocycles. The molecule has 0 aromatic carbocycles. The molecule has 1 rings (SSSR count). The second kappa shape index (κ2) is 18.3. The van der Waals surface area contributed by atoms with Gasteiger partial charge >= 0.3 is 0 Å². The highest BCUT2D eigenvalue weighted by Crippen LogP contribution is 2.07. The van der Waals surface area contributed by atoms with E-state index in [1.165, 1.54) is 50.8 Å². The topological polar surface area (TPSA) is 157 Å². The second-order valence-electron chi connectivity index (χ2n) is 9.40. The molecule has 0 fully saturated rings. The zero-order chi connectivity index (χ0) is 27.6. The molecule has 37 heavy (non-hydrogen) atoms. The van der Waals surface area contributed by atoms with Crippen LogP contribution in [0.2, 0.25) is 0 Å². The number of unbranched alkanes of at least 4 members (excludes halogenated alkanes) is 5. The quantitative estimate of drug-likeness (QED) is 0.129. The van der Waals surface area contributed by atoms with E-state index in [1.807, 2.05) is 6.08 Å². The molecule has 1 heterocycles. The van der Waals surface area contributed by atoms with E-state index in [0.717, 1.165) is 12.8 Å². The van der Waals surface area contributed by atoms with Crippen molar-refractivity contribution in [3.8, 4) is 0 Å². The van der Waals surface area contributed by atoms with Crippen LogP contribution >= 0.6 is 0 Å². The van der Waals surface area contributed by atoms with Gasteiger partial charge in [0.2, 0.25) is 23.6 Å². The number of hydrogen-bond donors (Lipinski definition) is 6. The Labute approximate surface area is 220 Å². The standard InChI is InChI=1S/C27H44N4O6/c1-4-5-6-7-8-9-10-11-12-13-24(35)31-25(20(3)32)27(37)30-22-18-21(33)16-17-28-23(34)15-14-19(2)29-26(22)36/h10-15,19-22,25,32-33H,4-9,16-18H2,1-3H3,(H,28,34)(H,29,36)(H,30,37)(H,31,35)/b11-10+,13-12+,15-14+/t19-,20+,21-,22-,25-/m0/s1. The lowest BCUT2D eigenvalue weighted by Gasteiger charge is -2.26. The van der Waals surface area contributed by atoms with E-state index in [9.17, 15) is 29.4 Å². The number of aliphatic hydroxyl groups excluding tert-OH is 2. The number of allylic oxidation sites excluding steroid dienone is 3. The summed E-state index contributed by atoms with van der Waals surface area (Å²) in [6, 6.07) is -2.92. The maximum atomic E-state index is 12.9. The first-order valence-corrected chi connectivity index (χ1v) is 13.2. The zero-order valence-corrected chi connectivity index (χ0v) is 22.2. The third-order valence-corrected chi connectivity index (χ3v) is 5.86. The van der Waals surface area contributed by atoms with E-state index in [0.29, 0.717) is 0 Å². The average molecular weight is 521 g/mol. The van der Waals surface area contributed by atoms with Crippen LogP contribution in [0.15, 0.2) is 36.5 Å². The van der Waals surface area contributed by atoms with Crippen molar-refractivity contribution in [1.29, 1.82) is 0 Å². The Morgan fingerprint density at radius 2 is 1.92 bits per heavy atom. The first kappa shape index (κ1) is 32.0. The van der Waals surface area contributed by atoms with E-state index in [4.69, 9.17) is 0 Å². The third-order valence-electron chi connectivity index (χ3n) is 5.86. The van der Waals surface area contributed by atoms with Crippen LogP contribution in [0.1, 0.15) is 72.1 Å². The van der Waals surface area contributed by atoms with Crippen LogP contribution in [0.25, 0.3) is 0 Å². The van der Waals surface area contributed by atoms with Gasteiger partial charge in [0, 0.05) is 31.2 Å². The Balaban J connectivity index is 2.73. The van der Waals surface area contributed by atoms with Crippen molar-refractivity contribution in [2.45, 2.75) is 102 Å². The van der Waals surface area contributed by atoms with Crippen LogP contribution in [-0.4, -0.2) is 70.7 Å². The van der Waals surface area contributed by atoms with E-state index in [2.05, 4.69) is 28.2 Å². The van der Waals surface area contributed by atoms with Gasteiger partial charge in [0.25, 0.3) is 0 Å². The molecule has 4 amide bonds. The molecule has 0 saturated carbocycles. The monoisotopic (exact) mass is 520 g/mol. The molecule has 10 heteroatoms. The van der Waals surface area contributed by atoms with Crippen molar-refractivity contribution >= 4 is 23.6 Å². The Kier molecular flexibility index (Phi) is 15.8. The van der Waals surface area contributed by atoms with Gasteiger partial charge in [-0.3, -0.25) is 19.2 Å². The predicted molar refractivity (Wildman–Crippen MR) is 142 cm³/mol. The molecule has 0 bridgehead atoms. The molecule has 10 nitrogen and oxygen atoms in total. The summed E-state index contributed by atoms with van der Waals surface area (Å²) in [6.07, 6.45) is 14.1. The maximum absolute atomic E-state index is 12.9. The molecule has 6 N–H and O–H groups in total. The van der Waals surface area contributed by atoms with Gasteiger partial charge in [0.05, 0.1) is 12.2 Å². The fourth-order valence-electron chi connectivity index (χ4n) is 3.70. The number of carbonyl (C=O) groups excluding carboxylic acids is 4. The minimum Gasteiger partial charge on any atom is -0.393 e. The molecule has 0 aromatic rings. The van der Waals surface area contributed by atoms with Crippen LogP contribution in [-0.2, 0) is 19.2 Å². The van der Waals surface area contributed by atoms with Crippen LogP contribution in [0, 0.1) is 0 Å². The van der Waals surface area contributed by atoms with Gasteiger partial charge in [-0.25, -0.2) is 0 Å². The minimum absolute atomic E-state index is 0.104. The molecule has 0 radical (unpaired) electrons. The van der Waals surface area contributed by atoms with Gasteiger partial charge in [0.1, 0.15) is 12.1 Å². The molecule has 5 atom stereocenters. The van der Waals surface area contributed by atoms with E-state index in [1.54, 1.807) is 19.1 Å². The van der Waals surface area contributed by atoms with Crippen molar-refractivity contribution in [2.75, 3.05) is 6.54 Å². The molecule has 1 aliphatic rings. The van der Waals surface area contributed by atoms with Crippen molar-refractivity contribution in [3.05, 3.63) is 36.5 Å². The average Bonchev–Trinajstić information content (AvgIpc) is 2.83. The summed E-state index contributed by atoms with van der Waals surface area (Å²) in [5.41, 5.74) is 0. The second-order valence-corrected chi connectivity index (χ2v) is 9.40. The predicted octanol–water partition coefficient (Wildman–Crippen LogP) is 1.14. The molecule has 1 aliphatic heterocycles. The third kappa shape index (κ3) is 14.4. The van der Waals surface area contributed by atoms with Gasteiger partial charge in [-0.2, -0.15) is 0 Å². The lowest BCUT2D eigenvalue weighted by Crippen LogP contribution is -2.58. The van der Waals surface area contributed by atoms with Gasteiger partial charge < -0.3 is 31.5 Å². The molecule has 0 aliphatic carbocycles. The first-order chi connectivity index (χ1) is 17.6. The van der Waals surface area contributed by atoms with Crippen molar-refractivity contribution in [3.63, 3.8) is 0 Å². The fourth-order valence-corrected chi connectivity index (χ4v) is 3.70. The summed E-state index contributed by atoms with van der Waals surface area (Å²) in [6.45, 7) is 5.40. The fraction of sp³-hybridized carbons (Fsp3) is 0.630. The first-order valence-electron chi connectivity index (χ1n) is 13.2. The smallest absolute Gasteiger partial charge is 0.245 e. The maximum Gasteiger partial charge on any atom is 0.245 e. The van der Waals surface area contributed by atoms with Crippen LogP contribution in [0.4, 0.5) is 0 Å². The summed E-state index contributed by atoms with van der Waals surface area (Å²) in [5, 5.41) is 30.7. The van der Waals surface area contributed by atoms with Crippen molar-refractivity contribution in [2.24, 2.45) is 0 Å². The number of rotatable bonds is 12.